The number of alkyl halides is 6. The van der Waals surface area contributed by atoms with Crippen LogP contribution in [0.25, 0.3) is 0 Å². The van der Waals surface area contributed by atoms with Gasteiger partial charge in [0.2, 0.25) is 0 Å². The predicted octanol–water partition coefficient (Wildman–Crippen LogP) is 4.13. The lowest BCUT2D eigenvalue weighted by atomic mass is 10.0. The highest BCUT2D eigenvalue weighted by Crippen LogP contribution is 2.45. The Bertz CT molecular complexity index is 681. The average Bonchev–Trinajstić information content (AvgIpc) is 2.45. The molecule has 0 aromatic heterocycles. The zero-order valence-electron chi connectivity index (χ0n) is 12.3. The molecule has 128 valence electrons. The Balaban J connectivity index is 3.65. The van der Waals surface area contributed by atoms with Crippen LogP contribution >= 0.6 is 0 Å². The second kappa shape index (κ2) is 6.71. The van der Waals surface area contributed by atoms with Crippen molar-refractivity contribution >= 4 is 11.4 Å². The number of nitrogens with zero attached hydrogens (tertiary/aromatic N) is 3. The molecule has 1 aromatic rings. The average molecular weight is 348 g/mol. The Morgan fingerprint density at radius 1 is 1.00 bits per heavy atom. The lowest BCUT2D eigenvalue weighted by molar-refractivity contribution is -0.142. The molecule has 0 heterocycles. The summed E-state index contributed by atoms with van der Waals surface area (Å²) >= 11 is 0. The van der Waals surface area contributed by atoms with E-state index in [9.17, 15) is 26.3 Å². The largest absolute Gasteiger partial charge is 0.418 e. The summed E-state index contributed by atoms with van der Waals surface area (Å²) in [6.07, 6.45) is -9.34. The summed E-state index contributed by atoms with van der Waals surface area (Å²) < 4.78 is 78.9. The van der Waals surface area contributed by atoms with E-state index in [1.165, 1.54) is 12.1 Å². The van der Waals surface area contributed by atoms with Crippen LogP contribution in [0.4, 0.5) is 37.7 Å². The summed E-state index contributed by atoms with van der Waals surface area (Å²) in [4.78, 5) is 0.723. The molecule has 10 heteroatoms. The second-order valence-electron chi connectivity index (χ2n) is 4.74. The van der Waals surface area contributed by atoms with E-state index in [1.807, 2.05) is 0 Å². The minimum atomic E-state index is -5.03. The minimum absolute atomic E-state index is 0.480. The monoisotopic (exact) mass is 348 g/mol. The standard InChI is InChI=1S/C14H10F6N4/c1-24(2)12-10(13(15,16)17)3-9(4-11(12)14(18,19)20)23-7-8(5-21)6-22/h3-4,7,23H,1-2H3. The van der Waals surface area contributed by atoms with Crippen LogP contribution in [0.1, 0.15) is 11.1 Å². The van der Waals surface area contributed by atoms with Gasteiger partial charge in [-0.05, 0) is 12.1 Å². The van der Waals surface area contributed by atoms with Crippen LogP contribution < -0.4 is 10.2 Å². The van der Waals surface area contributed by atoms with Gasteiger partial charge in [0, 0.05) is 26.0 Å². The van der Waals surface area contributed by atoms with Gasteiger partial charge in [0.05, 0.1) is 16.8 Å². The van der Waals surface area contributed by atoms with Crippen LogP contribution in [-0.2, 0) is 12.4 Å². The van der Waals surface area contributed by atoms with E-state index >= 15 is 0 Å². The number of nitriles is 2. The topological polar surface area (TPSA) is 62.9 Å². The Kier molecular flexibility index (Phi) is 5.36. The van der Waals surface area contributed by atoms with E-state index in [0.717, 1.165) is 25.2 Å². The Morgan fingerprint density at radius 3 is 1.71 bits per heavy atom. The van der Waals surface area contributed by atoms with Gasteiger partial charge >= 0.3 is 12.4 Å². The van der Waals surface area contributed by atoms with Gasteiger partial charge in [-0.2, -0.15) is 36.9 Å². The van der Waals surface area contributed by atoms with E-state index in [0.29, 0.717) is 12.1 Å². The van der Waals surface area contributed by atoms with Crippen LogP contribution in [0.2, 0.25) is 0 Å². The molecule has 0 fully saturated rings. The number of anilines is 2. The first-order chi connectivity index (χ1) is 10.9. The van der Waals surface area contributed by atoms with Crippen LogP contribution in [0.5, 0.6) is 0 Å². The fourth-order valence-corrected chi connectivity index (χ4v) is 1.88. The van der Waals surface area contributed by atoms with Gasteiger partial charge in [-0.1, -0.05) is 0 Å². The van der Waals surface area contributed by atoms with Crippen LogP contribution in [0, 0.1) is 22.7 Å². The highest BCUT2D eigenvalue weighted by Gasteiger charge is 2.42. The van der Waals surface area contributed by atoms with Crippen molar-refractivity contribution in [3.63, 3.8) is 0 Å². The molecule has 0 amide bonds. The second-order valence-corrected chi connectivity index (χ2v) is 4.74. The number of hydrogen-bond donors (Lipinski definition) is 1. The van der Waals surface area contributed by atoms with Crippen molar-refractivity contribution in [3.05, 3.63) is 35.0 Å². The quantitative estimate of drug-likeness (QED) is 0.659. The van der Waals surface area contributed by atoms with Crippen molar-refractivity contribution in [1.82, 2.24) is 0 Å². The van der Waals surface area contributed by atoms with Gasteiger partial charge in [0.1, 0.15) is 17.7 Å². The summed E-state index contributed by atoms with van der Waals surface area (Å²) in [7, 11) is 2.13. The lowest BCUT2D eigenvalue weighted by Gasteiger charge is -2.25. The van der Waals surface area contributed by atoms with Gasteiger partial charge in [0.15, 0.2) is 0 Å². The fraction of sp³-hybridized carbons (Fsp3) is 0.286. The number of rotatable bonds is 3. The zero-order valence-corrected chi connectivity index (χ0v) is 12.3. The van der Waals surface area contributed by atoms with Gasteiger partial charge < -0.3 is 10.2 Å². The van der Waals surface area contributed by atoms with Gasteiger partial charge in [0.25, 0.3) is 0 Å². The van der Waals surface area contributed by atoms with Crippen molar-refractivity contribution in [2.24, 2.45) is 0 Å². The van der Waals surface area contributed by atoms with Crippen molar-refractivity contribution < 1.29 is 26.3 Å². The van der Waals surface area contributed by atoms with Crippen LogP contribution in [0.3, 0.4) is 0 Å². The molecule has 0 saturated heterocycles. The predicted molar refractivity (Wildman–Crippen MR) is 73.7 cm³/mol. The Morgan fingerprint density at radius 2 is 1.42 bits per heavy atom. The van der Waals surface area contributed by atoms with E-state index in [4.69, 9.17) is 10.5 Å². The van der Waals surface area contributed by atoms with Gasteiger partial charge in [-0.15, -0.1) is 0 Å². The van der Waals surface area contributed by atoms with Crippen molar-refractivity contribution in [3.8, 4) is 12.1 Å². The SMILES string of the molecule is CN(C)c1c(C(F)(F)F)cc(NC=C(C#N)C#N)cc1C(F)(F)F. The minimum Gasteiger partial charge on any atom is -0.377 e. The van der Waals surface area contributed by atoms with Crippen molar-refractivity contribution in [2.75, 3.05) is 24.3 Å². The van der Waals surface area contributed by atoms with E-state index in [1.54, 1.807) is 0 Å². The fourth-order valence-electron chi connectivity index (χ4n) is 1.88. The molecular weight excluding hydrogens is 338 g/mol. The molecule has 0 aliphatic heterocycles. The maximum Gasteiger partial charge on any atom is 0.418 e. The highest BCUT2D eigenvalue weighted by molar-refractivity contribution is 5.68. The molecule has 24 heavy (non-hydrogen) atoms. The van der Waals surface area contributed by atoms with Gasteiger partial charge in [-0.25, -0.2) is 0 Å². The molecular formula is C14H10F6N4. The third kappa shape index (κ3) is 4.32. The highest BCUT2D eigenvalue weighted by atomic mass is 19.4. The first-order valence-corrected chi connectivity index (χ1v) is 6.18. The van der Waals surface area contributed by atoms with E-state index in [2.05, 4.69) is 5.32 Å². The van der Waals surface area contributed by atoms with E-state index in [-0.39, 0.29) is 0 Å². The molecule has 1 N–H and O–H groups in total. The van der Waals surface area contributed by atoms with Crippen LogP contribution in [-0.4, -0.2) is 14.1 Å². The first kappa shape index (κ1) is 19.2. The molecule has 0 spiro atoms. The van der Waals surface area contributed by atoms with Crippen molar-refractivity contribution in [1.29, 1.82) is 10.5 Å². The van der Waals surface area contributed by atoms with E-state index < -0.39 is 40.4 Å². The molecule has 1 aromatic carbocycles. The van der Waals surface area contributed by atoms with Crippen LogP contribution in [0.15, 0.2) is 23.9 Å². The van der Waals surface area contributed by atoms with Crippen molar-refractivity contribution in [2.45, 2.75) is 12.4 Å². The summed E-state index contributed by atoms with van der Waals surface area (Å²) in [5, 5.41) is 19.2. The van der Waals surface area contributed by atoms with Gasteiger partial charge in [-0.3, -0.25) is 0 Å². The lowest BCUT2D eigenvalue weighted by Crippen LogP contribution is -2.22. The number of halogens is 6. The molecule has 0 saturated carbocycles. The molecule has 0 bridgehead atoms. The maximum atomic E-state index is 13.1. The molecule has 0 aliphatic carbocycles. The third-order valence-corrected chi connectivity index (χ3v) is 2.79. The maximum absolute atomic E-state index is 13.1. The molecule has 0 atom stereocenters. The normalized spacial score (nSPS) is 11.2. The summed E-state index contributed by atoms with van der Waals surface area (Å²) in [6, 6.07) is 3.81. The molecule has 0 aliphatic rings. The number of allylic oxidation sites excluding steroid dienone is 1. The Labute approximate surface area is 133 Å². The zero-order chi connectivity index (χ0) is 18.7. The number of nitrogens with one attached hydrogen (secondary N) is 1. The molecule has 4 nitrogen and oxygen atoms in total. The summed E-state index contributed by atoms with van der Waals surface area (Å²) in [5.74, 6) is 0. The number of benzene rings is 1. The Hall–Kier alpha value is -2.88. The first-order valence-electron chi connectivity index (χ1n) is 6.18. The third-order valence-electron chi connectivity index (χ3n) is 2.79. The molecule has 1 rings (SSSR count). The summed E-state index contributed by atoms with van der Waals surface area (Å²) in [6.45, 7) is 0. The smallest absolute Gasteiger partial charge is 0.377 e. The number of hydrogen-bond acceptors (Lipinski definition) is 4. The summed E-state index contributed by atoms with van der Waals surface area (Å²) in [5.41, 5.74) is -5.07. The molecule has 0 unspecified atom stereocenters. The molecule has 0 radical (unpaired) electrons.